The van der Waals surface area contributed by atoms with Crippen molar-refractivity contribution < 1.29 is 14.0 Å². The molecule has 11 heteroatoms. The zero-order valence-corrected chi connectivity index (χ0v) is 22.0. The van der Waals surface area contributed by atoms with Crippen LogP contribution in [-0.4, -0.2) is 43.1 Å². The van der Waals surface area contributed by atoms with Crippen LogP contribution in [0, 0.1) is 5.82 Å². The quantitative estimate of drug-likeness (QED) is 0.374. The van der Waals surface area contributed by atoms with Crippen LogP contribution in [0.1, 0.15) is 29.7 Å². The maximum Gasteiger partial charge on any atom is 0.259 e. The molecule has 1 N–H and O–H groups in total. The normalized spacial score (nSPS) is 15.9. The molecule has 0 bridgehead atoms. The molecule has 1 unspecified atom stereocenters. The van der Waals surface area contributed by atoms with Crippen molar-refractivity contribution in [2.75, 3.05) is 0 Å². The van der Waals surface area contributed by atoms with Crippen LogP contribution in [0.3, 0.4) is 0 Å². The number of aromatic nitrogens is 2. The maximum absolute atomic E-state index is 13.5. The molecule has 40 heavy (non-hydrogen) atoms. The highest BCUT2D eigenvalue weighted by Gasteiger charge is 2.41. The fraction of sp³-hybridized carbons (Fsp3) is 0.172. The number of thioether (sulfide) groups is 1. The number of benzene rings is 2. The van der Waals surface area contributed by atoms with Crippen LogP contribution in [0.25, 0.3) is 5.65 Å². The minimum absolute atomic E-state index is 0.106. The largest absolute Gasteiger partial charge is 0.352 e. The van der Waals surface area contributed by atoms with E-state index in [1.165, 1.54) is 39.3 Å². The fourth-order valence-electron chi connectivity index (χ4n) is 4.56. The number of amides is 2. The molecule has 6 rings (SSSR count). The van der Waals surface area contributed by atoms with Gasteiger partial charge < -0.3 is 5.32 Å². The van der Waals surface area contributed by atoms with E-state index in [1.54, 1.807) is 30.5 Å². The lowest BCUT2D eigenvalue weighted by Gasteiger charge is -2.25. The van der Waals surface area contributed by atoms with Gasteiger partial charge >= 0.3 is 0 Å². The second-order valence-corrected chi connectivity index (χ2v) is 10.2. The highest BCUT2D eigenvalue weighted by molar-refractivity contribution is 8.13. The second kappa shape index (κ2) is 10.9. The Labute approximate surface area is 232 Å². The summed E-state index contributed by atoms with van der Waals surface area (Å²) in [6.07, 6.45) is 2.00. The number of aliphatic imine (C=N–C) groups is 2. The molecule has 200 valence electrons. The van der Waals surface area contributed by atoms with E-state index < -0.39 is 6.04 Å². The summed E-state index contributed by atoms with van der Waals surface area (Å²) in [7, 11) is 0. The molecule has 2 aliphatic heterocycles. The standard InChI is InChI=1S/C29H23FN6O3S/c30-19-10-8-18(9-11-19)16-31-25(37)13-12-23-28(39)36-27(33-23)21-5-1-2-6-22(21)34-29(36)40-17-20-15-26(38)35-14-4-3-7-24(35)32-20/h1-11,14-15,23H,12-13,16-17H2,(H,31,37). The van der Waals surface area contributed by atoms with Gasteiger partial charge in [0, 0.05) is 36.5 Å². The van der Waals surface area contributed by atoms with Gasteiger partial charge in [-0.25, -0.2) is 19.3 Å². The summed E-state index contributed by atoms with van der Waals surface area (Å²) < 4.78 is 14.6. The van der Waals surface area contributed by atoms with Crippen molar-refractivity contribution in [3.8, 4) is 0 Å². The zero-order chi connectivity index (χ0) is 27.6. The third-order valence-electron chi connectivity index (χ3n) is 6.57. The Kier molecular flexibility index (Phi) is 6.95. The molecule has 2 aromatic carbocycles. The first-order valence-corrected chi connectivity index (χ1v) is 13.7. The Balaban J connectivity index is 1.16. The lowest BCUT2D eigenvalue weighted by molar-refractivity contribution is -0.125. The van der Waals surface area contributed by atoms with Crippen molar-refractivity contribution in [3.05, 3.63) is 112 Å². The Morgan fingerprint density at radius 1 is 1.02 bits per heavy atom. The van der Waals surface area contributed by atoms with Gasteiger partial charge in [-0.2, -0.15) is 0 Å². The molecule has 0 saturated carbocycles. The van der Waals surface area contributed by atoms with Gasteiger partial charge in [-0.05, 0) is 48.4 Å². The molecule has 0 saturated heterocycles. The summed E-state index contributed by atoms with van der Waals surface area (Å²) in [4.78, 5) is 54.0. The molecule has 0 fully saturated rings. The Bertz CT molecular complexity index is 1750. The number of nitrogens with one attached hydrogen (secondary N) is 1. The number of pyridine rings is 1. The van der Waals surface area contributed by atoms with Gasteiger partial charge in [0.2, 0.25) is 5.91 Å². The second-order valence-electron chi connectivity index (χ2n) is 9.30. The first kappa shape index (κ1) is 25.6. The van der Waals surface area contributed by atoms with Crippen LogP contribution >= 0.6 is 11.8 Å². The molecule has 2 amide bonds. The number of rotatable bonds is 7. The van der Waals surface area contributed by atoms with Gasteiger partial charge in [0.25, 0.3) is 11.5 Å². The van der Waals surface area contributed by atoms with E-state index in [9.17, 15) is 18.8 Å². The van der Waals surface area contributed by atoms with Crippen LogP contribution in [0.15, 0.2) is 93.8 Å². The number of halogens is 1. The number of hydrogen-bond donors (Lipinski definition) is 1. The van der Waals surface area contributed by atoms with Crippen molar-refractivity contribution in [2.24, 2.45) is 9.98 Å². The monoisotopic (exact) mass is 554 g/mol. The number of carbonyl (C=O) groups excluding carboxylic acids is 2. The van der Waals surface area contributed by atoms with Gasteiger partial charge in [0.15, 0.2) is 5.17 Å². The summed E-state index contributed by atoms with van der Waals surface area (Å²) in [5, 5.41) is 3.25. The van der Waals surface area contributed by atoms with Crippen molar-refractivity contribution in [1.29, 1.82) is 0 Å². The minimum atomic E-state index is -0.730. The number of hydrogen-bond acceptors (Lipinski definition) is 7. The molecule has 0 radical (unpaired) electrons. The van der Waals surface area contributed by atoms with Crippen LogP contribution in [-0.2, 0) is 21.9 Å². The fourth-order valence-corrected chi connectivity index (χ4v) is 5.45. The maximum atomic E-state index is 13.5. The molecule has 0 spiro atoms. The average Bonchev–Trinajstić information content (AvgIpc) is 3.31. The van der Waals surface area contributed by atoms with E-state index in [0.29, 0.717) is 33.8 Å². The third-order valence-corrected chi connectivity index (χ3v) is 7.54. The van der Waals surface area contributed by atoms with Crippen molar-refractivity contribution in [1.82, 2.24) is 19.6 Å². The highest BCUT2D eigenvalue weighted by atomic mass is 32.2. The van der Waals surface area contributed by atoms with E-state index in [2.05, 4.69) is 10.3 Å². The van der Waals surface area contributed by atoms with E-state index in [0.717, 1.165) is 11.1 Å². The predicted octanol–water partition coefficient (Wildman–Crippen LogP) is 3.82. The number of carbonyl (C=O) groups is 2. The molecule has 2 aliphatic rings. The number of fused-ring (bicyclic) bond motifs is 4. The summed E-state index contributed by atoms with van der Waals surface area (Å²) >= 11 is 1.30. The smallest absolute Gasteiger partial charge is 0.259 e. The van der Waals surface area contributed by atoms with Crippen LogP contribution < -0.4 is 10.9 Å². The third kappa shape index (κ3) is 5.15. The zero-order valence-electron chi connectivity index (χ0n) is 21.2. The molecule has 1 atom stereocenters. The van der Waals surface area contributed by atoms with Crippen LogP contribution in [0.4, 0.5) is 10.1 Å². The SMILES string of the molecule is O=C(CCC1N=C2c3ccccc3N=C(SCc3cc(=O)n4ccccc4n3)N2C1=O)NCc1ccc(F)cc1. The lowest BCUT2D eigenvalue weighted by atomic mass is 10.1. The average molecular weight is 555 g/mol. The molecule has 0 aliphatic carbocycles. The first-order chi connectivity index (χ1) is 19.5. The van der Waals surface area contributed by atoms with E-state index in [-0.39, 0.29) is 42.6 Å². The van der Waals surface area contributed by atoms with Crippen molar-refractivity contribution in [2.45, 2.75) is 31.2 Å². The molecular formula is C29H23FN6O3S. The van der Waals surface area contributed by atoms with Gasteiger partial charge in [-0.1, -0.05) is 42.1 Å². The molecule has 9 nitrogen and oxygen atoms in total. The molecule has 4 aromatic rings. The van der Waals surface area contributed by atoms with Crippen LogP contribution in [0.2, 0.25) is 0 Å². The van der Waals surface area contributed by atoms with Crippen molar-refractivity contribution >= 4 is 45.9 Å². The van der Waals surface area contributed by atoms with Gasteiger partial charge in [-0.3, -0.25) is 23.8 Å². The highest BCUT2D eigenvalue weighted by Crippen LogP contribution is 2.34. The van der Waals surface area contributed by atoms with Gasteiger partial charge in [0.1, 0.15) is 23.3 Å². The predicted molar refractivity (Wildman–Crippen MR) is 151 cm³/mol. The number of amidine groups is 2. The van der Waals surface area contributed by atoms with E-state index in [1.807, 2.05) is 30.3 Å². The summed E-state index contributed by atoms with van der Waals surface area (Å²) in [5.74, 6) is 0.0139. The molecular weight excluding hydrogens is 531 g/mol. The Morgan fingerprint density at radius 3 is 2.67 bits per heavy atom. The number of nitrogens with zero attached hydrogens (tertiary/aromatic N) is 5. The first-order valence-electron chi connectivity index (χ1n) is 12.7. The number of para-hydroxylation sites is 1. The minimum Gasteiger partial charge on any atom is -0.352 e. The van der Waals surface area contributed by atoms with Gasteiger partial charge in [-0.15, -0.1) is 0 Å². The summed E-state index contributed by atoms with van der Waals surface area (Å²) in [5.41, 5.74) is 3.14. The summed E-state index contributed by atoms with van der Waals surface area (Å²) in [6.45, 7) is 0.269. The summed E-state index contributed by atoms with van der Waals surface area (Å²) in [6, 6.07) is 19.5. The molecule has 4 heterocycles. The molecule has 2 aromatic heterocycles. The van der Waals surface area contributed by atoms with Crippen LogP contribution in [0.5, 0.6) is 0 Å². The van der Waals surface area contributed by atoms with E-state index >= 15 is 0 Å². The van der Waals surface area contributed by atoms with E-state index in [4.69, 9.17) is 9.98 Å². The Hall–Kier alpha value is -4.64. The van der Waals surface area contributed by atoms with Gasteiger partial charge in [0.05, 0.1) is 11.4 Å². The van der Waals surface area contributed by atoms with Crippen molar-refractivity contribution in [3.63, 3.8) is 0 Å². The lowest BCUT2D eigenvalue weighted by Crippen LogP contribution is -2.41. The Morgan fingerprint density at radius 2 is 1.82 bits per heavy atom. The topological polar surface area (TPSA) is 108 Å².